The fourth-order valence-electron chi connectivity index (χ4n) is 2.14. The molecule has 1 rings (SSSR count). The van der Waals surface area contributed by atoms with E-state index in [1.807, 2.05) is 31.6 Å². The molecule has 0 aliphatic heterocycles. The molecule has 0 radical (unpaired) electrons. The molecule has 1 aromatic rings. The van der Waals surface area contributed by atoms with Crippen LogP contribution in [-0.4, -0.2) is 48.9 Å². The van der Waals surface area contributed by atoms with Crippen molar-refractivity contribution in [2.24, 2.45) is 0 Å². The van der Waals surface area contributed by atoms with Crippen LogP contribution < -0.4 is 0 Å². The summed E-state index contributed by atoms with van der Waals surface area (Å²) in [5.41, 5.74) is 0. The van der Waals surface area contributed by atoms with Gasteiger partial charge in [-0.15, -0.1) is 16.9 Å². The van der Waals surface area contributed by atoms with E-state index in [0.717, 1.165) is 24.0 Å². The summed E-state index contributed by atoms with van der Waals surface area (Å²) in [6, 6.07) is 0.801. The second kappa shape index (κ2) is 10.4. The zero-order valence-electron chi connectivity index (χ0n) is 14.4. The van der Waals surface area contributed by atoms with Crippen LogP contribution in [0.25, 0.3) is 0 Å². The van der Waals surface area contributed by atoms with Crippen molar-refractivity contribution in [2.75, 3.05) is 19.8 Å². The molecule has 22 heavy (non-hydrogen) atoms. The fourth-order valence-corrected chi connectivity index (χ4v) is 5.49. The molecule has 0 bridgehead atoms. The van der Waals surface area contributed by atoms with Crippen molar-refractivity contribution in [1.29, 1.82) is 0 Å². The molecule has 0 saturated carbocycles. The standard InChI is InChI=1S/C14H29N3O3SSi/c1-6-18-22(19-7-2,20-8-3)11-9-10-17-12-14(15-16-17)21-13(4)5/h12-13H,6-11H2,1-5H3. The summed E-state index contributed by atoms with van der Waals surface area (Å²) >= 11 is 1.72. The summed E-state index contributed by atoms with van der Waals surface area (Å²) in [5, 5.41) is 9.82. The monoisotopic (exact) mass is 347 g/mol. The van der Waals surface area contributed by atoms with Crippen LogP contribution in [0.2, 0.25) is 6.04 Å². The first-order valence-electron chi connectivity index (χ1n) is 8.03. The molecule has 0 spiro atoms. The van der Waals surface area contributed by atoms with Gasteiger partial charge >= 0.3 is 8.80 Å². The summed E-state index contributed by atoms with van der Waals surface area (Å²) in [5.74, 6) is 0. The third kappa shape index (κ3) is 6.78. The number of aromatic nitrogens is 3. The lowest BCUT2D eigenvalue weighted by atomic mass is 10.5. The summed E-state index contributed by atoms with van der Waals surface area (Å²) in [6.45, 7) is 12.9. The Morgan fingerprint density at radius 1 is 1.14 bits per heavy atom. The van der Waals surface area contributed by atoms with Crippen molar-refractivity contribution in [3.05, 3.63) is 6.20 Å². The first kappa shape index (κ1) is 19.6. The zero-order valence-corrected chi connectivity index (χ0v) is 16.2. The summed E-state index contributed by atoms with van der Waals surface area (Å²) in [4.78, 5) is 0. The molecule has 1 heterocycles. The molecule has 0 aromatic carbocycles. The quantitative estimate of drug-likeness (QED) is 0.427. The normalized spacial score (nSPS) is 12.3. The van der Waals surface area contributed by atoms with E-state index >= 15 is 0 Å². The lowest BCUT2D eigenvalue weighted by Crippen LogP contribution is -2.46. The van der Waals surface area contributed by atoms with Crippen LogP contribution in [0, 0.1) is 0 Å². The van der Waals surface area contributed by atoms with Crippen LogP contribution in [0.15, 0.2) is 11.2 Å². The lowest BCUT2D eigenvalue weighted by Gasteiger charge is -2.28. The van der Waals surface area contributed by atoms with Gasteiger partial charge in [-0.2, -0.15) is 0 Å². The Balaban J connectivity index is 2.52. The molecular weight excluding hydrogens is 318 g/mol. The second-order valence-corrected chi connectivity index (χ2v) is 9.40. The Labute approximate surface area is 139 Å². The number of nitrogens with zero attached hydrogens (tertiary/aromatic N) is 3. The van der Waals surface area contributed by atoms with Crippen LogP contribution in [0.1, 0.15) is 41.0 Å². The van der Waals surface area contributed by atoms with E-state index in [9.17, 15) is 0 Å². The van der Waals surface area contributed by atoms with Gasteiger partial charge in [-0.05, 0) is 27.2 Å². The number of rotatable bonds is 12. The molecule has 0 N–H and O–H groups in total. The van der Waals surface area contributed by atoms with Gasteiger partial charge in [-0.1, -0.05) is 19.1 Å². The lowest BCUT2D eigenvalue weighted by molar-refractivity contribution is 0.0704. The average molecular weight is 348 g/mol. The van der Waals surface area contributed by atoms with Gasteiger partial charge in [0.1, 0.15) is 5.03 Å². The third-order valence-electron chi connectivity index (χ3n) is 2.84. The van der Waals surface area contributed by atoms with Gasteiger partial charge in [-0.25, -0.2) is 0 Å². The van der Waals surface area contributed by atoms with E-state index in [0.29, 0.717) is 25.1 Å². The summed E-state index contributed by atoms with van der Waals surface area (Å²) < 4.78 is 19.4. The largest absolute Gasteiger partial charge is 0.500 e. The number of hydrogen-bond donors (Lipinski definition) is 0. The highest BCUT2D eigenvalue weighted by atomic mass is 32.2. The van der Waals surface area contributed by atoms with Crippen molar-refractivity contribution in [2.45, 2.75) is 63.9 Å². The molecule has 0 unspecified atom stereocenters. The van der Waals surface area contributed by atoms with Crippen LogP contribution >= 0.6 is 11.8 Å². The van der Waals surface area contributed by atoms with Crippen molar-refractivity contribution in [3.8, 4) is 0 Å². The van der Waals surface area contributed by atoms with E-state index in [1.54, 1.807) is 11.8 Å². The first-order chi connectivity index (χ1) is 10.5. The molecule has 0 fully saturated rings. The average Bonchev–Trinajstić information content (AvgIpc) is 2.86. The van der Waals surface area contributed by atoms with E-state index < -0.39 is 8.80 Å². The zero-order chi connectivity index (χ0) is 16.4. The smallest absolute Gasteiger partial charge is 0.374 e. The fraction of sp³-hybridized carbons (Fsp3) is 0.857. The van der Waals surface area contributed by atoms with Crippen LogP contribution in [0.5, 0.6) is 0 Å². The molecular formula is C14H29N3O3SSi. The maximum absolute atomic E-state index is 5.85. The SMILES string of the molecule is CCO[Si](CCCn1cc(SC(C)C)nn1)(OCC)OCC. The number of aryl methyl sites for hydroxylation is 1. The summed E-state index contributed by atoms with van der Waals surface area (Å²) in [7, 11) is -2.54. The van der Waals surface area contributed by atoms with E-state index in [4.69, 9.17) is 13.3 Å². The highest BCUT2D eigenvalue weighted by molar-refractivity contribution is 7.99. The predicted octanol–water partition coefficient (Wildman–Crippen LogP) is 3.22. The summed E-state index contributed by atoms with van der Waals surface area (Å²) in [6.07, 6.45) is 2.90. The molecule has 0 saturated heterocycles. The highest BCUT2D eigenvalue weighted by Crippen LogP contribution is 2.21. The Morgan fingerprint density at radius 2 is 1.73 bits per heavy atom. The molecule has 8 heteroatoms. The Kier molecular flexibility index (Phi) is 9.26. The number of thioether (sulfide) groups is 1. The molecule has 6 nitrogen and oxygen atoms in total. The van der Waals surface area contributed by atoms with Crippen molar-refractivity contribution in [1.82, 2.24) is 15.0 Å². The van der Waals surface area contributed by atoms with Gasteiger partial charge in [0.05, 0.1) is 6.20 Å². The van der Waals surface area contributed by atoms with Crippen LogP contribution in [-0.2, 0) is 19.8 Å². The minimum absolute atomic E-state index is 0.513. The maximum atomic E-state index is 5.85. The highest BCUT2D eigenvalue weighted by Gasteiger charge is 2.39. The Bertz CT molecular complexity index is 401. The Morgan fingerprint density at radius 3 is 2.23 bits per heavy atom. The molecule has 0 amide bonds. The van der Waals surface area contributed by atoms with E-state index in [-0.39, 0.29) is 0 Å². The number of hydrogen-bond acceptors (Lipinski definition) is 6. The molecule has 128 valence electrons. The molecule has 0 aliphatic carbocycles. The second-order valence-electron chi connectivity index (χ2n) is 5.07. The van der Waals surface area contributed by atoms with Gasteiger partial charge in [0.2, 0.25) is 0 Å². The van der Waals surface area contributed by atoms with E-state index in [1.165, 1.54) is 0 Å². The first-order valence-corrected chi connectivity index (χ1v) is 10.8. The molecule has 0 aliphatic rings. The van der Waals surface area contributed by atoms with Crippen molar-refractivity contribution >= 4 is 20.6 Å². The van der Waals surface area contributed by atoms with Crippen LogP contribution in [0.4, 0.5) is 0 Å². The van der Waals surface area contributed by atoms with Gasteiger partial charge in [0.15, 0.2) is 0 Å². The Hall–Kier alpha value is -0.413. The minimum Gasteiger partial charge on any atom is -0.374 e. The van der Waals surface area contributed by atoms with Gasteiger partial charge in [-0.3, -0.25) is 4.68 Å². The third-order valence-corrected chi connectivity index (χ3v) is 6.89. The van der Waals surface area contributed by atoms with Crippen molar-refractivity contribution < 1.29 is 13.3 Å². The van der Waals surface area contributed by atoms with Gasteiger partial charge in [0, 0.05) is 37.7 Å². The van der Waals surface area contributed by atoms with Gasteiger partial charge < -0.3 is 13.3 Å². The minimum atomic E-state index is -2.54. The maximum Gasteiger partial charge on any atom is 0.500 e. The van der Waals surface area contributed by atoms with E-state index in [2.05, 4.69) is 24.2 Å². The van der Waals surface area contributed by atoms with Gasteiger partial charge in [0.25, 0.3) is 0 Å². The molecule has 0 atom stereocenters. The van der Waals surface area contributed by atoms with Crippen LogP contribution in [0.3, 0.4) is 0 Å². The topological polar surface area (TPSA) is 58.4 Å². The predicted molar refractivity (Wildman–Crippen MR) is 91.1 cm³/mol. The van der Waals surface area contributed by atoms with Crippen molar-refractivity contribution in [3.63, 3.8) is 0 Å². The molecule has 1 aromatic heterocycles.